The second kappa shape index (κ2) is 9.34. The molecule has 4 heteroatoms. The van der Waals surface area contributed by atoms with Crippen LogP contribution in [0.2, 0.25) is 0 Å². The summed E-state index contributed by atoms with van der Waals surface area (Å²) in [6.45, 7) is 10.6. The van der Waals surface area contributed by atoms with E-state index in [9.17, 15) is 0 Å². The Morgan fingerprint density at radius 1 is 1.15 bits per heavy atom. The van der Waals surface area contributed by atoms with Gasteiger partial charge in [0, 0.05) is 49.8 Å². The Balaban J connectivity index is 1.76. The summed E-state index contributed by atoms with van der Waals surface area (Å²) in [6.07, 6.45) is 7.38. The highest BCUT2D eigenvalue weighted by atomic mass is 15.2. The molecule has 1 unspecified atom stereocenters. The summed E-state index contributed by atoms with van der Waals surface area (Å²) in [4.78, 5) is 9.56. The summed E-state index contributed by atoms with van der Waals surface area (Å²) >= 11 is 0. The maximum Gasteiger partial charge on any atom is 0.0450 e. The first-order valence-electron chi connectivity index (χ1n) is 10.3. The van der Waals surface area contributed by atoms with Gasteiger partial charge in [-0.2, -0.15) is 0 Å². The Morgan fingerprint density at radius 2 is 1.85 bits per heavy atom. The second-order valence-corrected chi connectivity index (χ2v) is 7.96. The maximum atomic E-state index is 5.76. The lowest BCUT2D eigenvalue weighted by Crippen LogP contribution is -2.47. The van der Waals surface area contributed by atoms with Crippen LogP contribution < -0.4 is 10.6 Å². The lowest BCUT2D eigenvalue weighted by molar-refractivity contribution is 0.154. The summed E-state index contributed by atoms with van der Waals surface area (Å²) in [7, 11) is 0. The summed E-state index contributed by atoms with van der Waals surface area (Å²) in [6, 6.07) is 12.2. The molecular weight excluding hydrogens is 332 g/mol. The third-order valence-corrected chi connectivity index (χ3v) is 6.00. The molecule has 1 aliphatic heterocycles. The smallest absolute Gasteiger partial charge is 0.0450 e. The Bertz CT molecular complexity index is 705. The first-order valence-corrected chi connectivity index (χ1v) is 10.3. The van der Waals surface area contributed by atoms with E-state index in [4.69, 9.17) is 5.73 Å². The van der Waals surface area contributed by atoms with Crippen LogP contribution in [-0.4, -0.2) is 41.6 Å². The molecule has 0 spiro atoms. The summed E-state index contributed by atoms with van der Waals surface area (Å²) in [5.41, 5.74) is 11.0. The first kappa shape index (κ1) is 19.8. The minimum absolute atomic E-state index is 0.564. The van der Waals surface area contributed by atoms with Gasteiger partial charge in [-0.3, -0.25) is 4.98 Å². The Kier molecular flexibility index (Phi) is 6.86. The van der Waals surface area contributed by atoms with E-state index < -0.39 is 0 Å². The molecule has 1 fully saturated rings. The second-order valence-electron chi connectivity index (χ2n) is 7.96. The SMILES string of the molecule is Cc1ccc(N(Cc2cnccc2C)C2CCN(C(C)CCN)CC2)cc1. The molecule has 2 N–H and O–H groups in total. The van der Waals surface area contributed by atoms with Crippen LogP contribution in [-0.2, 0) is 6.54 Å². The molecule has 1 atom stereocenters. The van der Waals surface area contributed by atoms with Crippen molar-refractivity contribution < 1.29 is 0 Å². The average molecular weight is 367 g/mol. The molecule has 4 nitrogen and oxygen atoms in total. The molecule has 2 heterocycles. The monoisotopic (exact) mass is 366 g/mol. The molecule has 0 radical (unpaired) electrons. The van der Waals surface area contributed by atoms with Crippen molar-refractivity contribution in [2.45, 2.75) is 58.7 Å². The molecule has 146 valence electrons. The van der Waals surface area contributed by atoms with E-state index in [2.05, 4.69) is 65.9 Å². The number of benzene rings is 1. The number of pyridine rings is 1. The van der Waals surface area contributed by atoms with E-state index in [0.29, 0.717) is 12.1 Å². The quantitative estimate of drug-likeness (QED) is 0.807. The summed E-state index contributed by atoms with van der Waals surface area (Å²) in [5, 5.41) is 0. The lowest BCUT2D eigenvalue weighted by Gasteiger charge is -2.42. The third-order valence-electron chi connectivity index (χ3n) is 6.00. The lowest BCUT2D eigenvalue weighted by atomic mass is 9.99. The van der Waals surface area contributed by atoms with Gasteiger partial charge in [0.1, 0.15) is 0 Å². The average Bonchev–Trinajstić information content (AvgIpc) is 2.69. The summed E-state index contributed by atoms with van der Waals surface area (Å²) in [5.74, 6) is 0. The first-order chi connectivity index (χ1) is 13.1. The number of piperidine rings is 1. The van der Waals surface area contributed by atoms with E-state index in [0.717, 1.165) is 32.6 Å². The van der Waals surface area contributed by atoms with Gasteiger partial charge in [-0.05, 0) is 75.9 Å². The Hall–Kier alpha value is -1.91. The van der Waals surface area contributed by atoms with Crippen molar-refractivity contribution in [1.29, 1.82) is 0 Å². The molecule has 0 saturated carbocycles. The van der Waals surface area contributed by atoms with Crippen LogP contribution in [0.1, 0.15) is 42.9 Å². The highest BCUT2D eigenvalue weighted by Crippen LogP contribution is 2.27. The molecule has 1 aliphatic rings. The normalized spacial score (nSPS) is 17.0. The zero-order valence-electron chi connectivity index (χ0n) is 17.1. The van der Waals surface area contributed by atoms with Crippen LogP contribution in [0.25, 0.3) is 0 Å². The third kappa shape index (κ3) is 5.08. The number of nitrogens with two attached hydrogens (primary N) is 1. The van der Waals surface area contributed by atoms with Crippen LogP contribution >= 0.6 is 0 Å². The fourth-order valence-corrected chi connectivity index (χ4v) is 4.08. The number of nitrogens with zero attached hydrogens (tertiary/aromatic N) is 3. The maximum absolute atomic E-state index is 5.76. The molecule has 1 aromatic heterocycles. The number of hydrogen-bond donors (Lipinski definition) is 1. The number of hydrogen-bond acceptors (Lipinski definition) is 4. The van der Waals surface area contributed by atoms with Gasteiger partial charge >= 0.3 is 0 Å². The molecular formula is C23H34N4. The van der Waals surface area contributed by atoms with Gasteiger partial charge in [0.2, 0.25) is 0 Å². The fraction of sp³-hybridized carbons (Fsp3) is 0.522. The zero-order valence-corrected chi connectivity index (χ0v) is 17.1. The molecule has 0 aliphatic carbocycles. The Labute approximate surface area is 164 Å². The predicted molar refractivity (Wildman–Crippen MR) is 114 cm³/mol. The molecule has 27 heavy (non-hydrogen) atoms. The number of likely N-dealkylation sites (tertiary alicyclic amines) is 1. The molecule has 0 bridgehead atoms. The van der Waals surface area contributed by atoms with Gasteiger partial charge < -0.3 is 15.5 Å². The predicted octanol–water partition coefficient (Wildman–Crippen LogP) is 3.91. The van der Waals surface area contributed by atoms with Crippen molar-refractivity contribution in [3.8, 4) is 0 Å². The standard InChI is InChI=1S/C23H34N4/c1-18-4-6-22(7-5-18)27(17-21-16-25-13-9-19(21)2)23-10-14-26(15-11-23)20(3)8-12-24/h4-7,9,13,16,20,23H,8,10-12,14-15,17,24H2,1-3H3. The number of anilines is 1. The van der Waals surface area contributed by atoms with Gasteiger partial charge in [-0.1, -0.05) is 17.7 Å². The van der Waals surface area contributed by atoms with E-state index in [1.807, 2.05) is 12.4 Å². The van der Waals surface area contributed by atoms with Crippen LogP contribution in [0.5, 0.6) is 0 Å². The Morgan fingerprint density at radius 3 is 2.48 bits per heavy atom. The molecule has 0 amide bonds. The van der Waals surface area contributed by atoms with Gasteiger partial charge in [-0.15, -0.1) is 0 Å². The molecule has 1 saturated heterocycles. The highest BCUT2D eigenvalue weighted by molar-refractivity contribution is 5.49. The van der Waals surface area contributed by atoms with Gasteiger partial charge in [0.05, 0.1) is 0 Å². The van der Waals surface area contributed by atoms with E-state index in [1.165, 1.54) is 35.2 Å². The fourth-order valence-electron chi connectivity index (χ4n) is 4.08. The van der Waals surface area contributed by atoms with Crippen molar-refractivity contribution in [1.82, 2.24) is 9.88 Å². The van der Waals surface area contributed by atoms with Crippen LogP contribution in [0.4, 0.5) is 5.69 Å². The van der Waals surface area contributed by atoms with E-state index >= 15 is 0 Å². The van der Waals surface area contributed by atoms with Gasteiger partial charge in [0.25, 0.3) is 0 Å². The summed E-state index contributed by atoms with van der Waals surface area (Å²) < 4.78 is 0. The van der Waals surface area contributed by atoms with Crippen LogP contribution in [0.15, 0.2) is 42.7 Å². The number of aryl methyl sites for hydroxylation is 2. The number of aromatic nitrogens is 1. The van der Waals surface area contributed by atoms with E-state index in [-0.39, 0.29) is 0 Å². The van der Waals surface area contributed by atoms with Crippen molar-refractivity contribution >= 4 is 5.69 Å². The highest BCUT2D eigenvalue weighted by Gasteiger charge is 2.27. The van der Waals surface area contributed by atoms with Gasteiger partial charge in [-0.25, -0.2) is 0 Å². The van der Waals surface area contributed by atoms with Crippen molar-refractivity contribution in [3.05, 3.63) is 59.4 Å². The van der Waals surface area contributed by atoms with Crippen molar-refractivity contribution in [2.24, 2.45) is 5.73 Å². The van der Waals surface area contributed by atoms with E-state index in [1.54, 1.807) is 0 Å². The number of rotatable bonds is 7. The van der Waals surface area contributed by atoms with Crippen molar-refractivity contribution in [2.75, 3.05) is 24.5 Å². The molecule has 3 rings (SSSR count). The molecule has 2 aromatic rings. The largest absolute Gasteiger partial charge is 0.364 e. The topological polar surface area (TPSA) is 45.4 Å². The minimum Gasteiger partial charge on any atom is -0.364 e. The van der Waals surface area contributed by atoms with Gasteiger partial charge in [0.15, 0.2) is 0 Å². The van der Waals surface area contributed by atoms with Crippen LogP contribution in [0.3, 0.4) is 0 Å². The zero-order chi connectivity index (χ0) is 19.2. The minimum atomic E-state index is 0.564. The van der Waals surface area contributed by atoms with Crippen molar-refractivity contribution in [3.63, 3.8) is 0 Å². The molecule has 1 aromatic carbocycles. The van der Waals surface area contributed by atoms with Crippen LogP contribution in [0, 0.1) is 13.8 Å².